The maximum Gasteiger partial charge on any atom is 0.326 e. The Balaban J connectivity index is 2.47. The van der Waals surface area contributed by atoms with Crippen LogP contribution in [0, 0.1) is 6.92 Å². The predicted octanol–water partition coefficient (Wildman–Crippen LogP) is -0.00748. The van der Waals surface area contributed by atoms with Crippen molar-refractivity contribution in [3.63, 3.8) is 0 Å². The molecule has 2 N–H and O–H groups in total. The first-order chi connectivity index (χ1) is 7.91. The Kier molecular flexibility index (Phi) is 4.02. The molecule has 1 atom stereocenters. The van der Waals surface area contributed by atoms with Gasteiger partial charge in [0.2, 0.25) is 5.89 Å². The van der Waals surface area contributed by atoms with Gasteiger partial charge >= 0.3 is 12.0 Å². The Bertz CT molecular complexity index is 417. The van der Waals surface area contributed by atoms with E-state index in [1.807, 2.05) is 0 Å². The highest BCUT2D eigenvalue weighted by Crippen LogP contribution is 1.98. The summed E-state index contributed by atoms with van der Waals surface area (Å²) in [6.07, 6.45) is 0. The van der Waals surface area contributed by atoms with Gasteiger partial charge in [-0.3, -0.25) is 0 Å². The standard InChI is InChI=1S/C9H14N4O4/c1-5(8(14)15)13(3)9(16)10-4-7-11-6(2)12-17-7/h5H,4H2,1-3H3,(H,10,16)(H,14,15). The third-order valence-corrected chi connectivity index (χ3v) is 2.22. The number of aryl methyl sites for hydroxylation is 1. The van der Waals surface area contributed by atoms with Gasteiger partial charge < -0.3 is 19.8 Å². The van der Waals surface area contributed by atoms with Gasteiger partial charge in [-0.25, -0.2) is 9.59 Å². The minimum absolute atomic E-state index is 0.0658. The number of amides is 2. The van der Waals surface area contributed by atoms with E-state index in [9.17, 15) is 9.59 Å². The molecule has 0 fully saturated rings. The van der Waals surface area contributed by atoms with E-state index in [0.29, 0.717) is 5.82 Å². The first-order valence-corrected chi connectivity index (χ1v) is 4.94. The number of carboxylic acids is 1. The smallest absolute Gasteiger partial charge is 0.326 e. The van der Waals surface area contributed by atoms with Crippen LogP contribution in [-0.4, -0.2) is 45.2 Å². The van der Waals surface area contributed by atoms with E-state index < -0.39 is 18.0 Å². The summed E-state index contributed by atoms with van der Waals surface area (Å²) in [6.45, 7) is 3.14. The molecule has 0 saturated carbocycles. The molecule has 0 aliphatic rings. The second-order valence-corrected chi connectivity index (χ2v) is 3.52. The molecule has 1 rings (SSSR count). The molecule has 0 aliphatic carbocycles. The molecule has 8 heteroatoms. The van der Waals surface area contributed by atoms with E-state index >= 15 is 0 Å². The molecule has 17 heavy (non-hydrogen) atoms. The quantitative estimate of drug-likeness (QED) is 0.768. The lowest BCUT2D eigenvalue weighted by Gasteiger charge is -2.21. The van der Waals surface area contributed by atoms with Gasteiger partial charge in [-0.2, -0.15) is 4.98 Å². The van der Waals surface area contributed by atoms with Crippen LogP contribution in [0.4, 0.5) is 4.79 Å². The van der Waals surface area contributed by atoms with Gasteiger partial charge in [0.05, 0.1) is 6.54 Å². The van der Waals surface area contributed by atoms with Crippen LogP contribution in [0.5, 0.6) is 0 Å². The maximum atomic E-state index is 11.5. The van der Waals surface area contributed by atoms with Crippen molar-refractivity contribution in [1.82, 2.24) is 20.4 Å². The van der Waals surface area contributed by atoms with Crippen LogP contribution in [0.3, 0.4) is 0 Å². The molecular formula is C9H14N4O4. The number of carbonyl (C=O) groups is 2. The number of likely N-dealkylation sites (N-methyl/N-ethyl adjacent to an activating group) is 1. The fourth-order valence-corrected chi connectivity index (χ4v) is 1.03. The summed E-state index contributed by atoms with van der Waals surface area (Å²) in [5, 5.41) is 14.8. The molecule has 1 heterocycles. The lowest BCUT2D eigenvalue weighted by molar-refractivity contribution is -0.141. The summed E-state index contributed by atoms with van der Waals surface area (Å²) in [7, 11) is 1.40. The third kappa shape index (κ3) is 3.44. The van der Waals surface area contributed by atoms with Crippen molar-refractivity contribution in [1.29, 1.82) is 0 Å². The highest BCUT2D eigenvalue weighted by Gasteiger charge is 2.21. The fraction of sp³-hybridized carbons (Fsp3) is 0.556. The monoisotopic (exact) mass is 242 g/mol. The molecule has 2 amide bonds. The van der Waals surface area contributed by atoms with Crippen LogP contribution in [0.2, 0.25) is 0 Å². The van der Waals surface area contributed by atoms with Crippen LogP contribution in [0.25, 0.3) is 0 Å². The average molecular weight is 242 g/mol. The summed E-state index contributed by atoms with van der Waals surface area (Å²) >= 11 is 0. The number of carbonyl (C=O) groups excluding carboxylic acids is 1. The highest BCUT2D eigenvalue weighted by molar-refractivity contribution is 5.81. The summed E-state index contributed by atoms with van der Waals surface area (Å²) in [6, 6.07) is -1.42. The van der Waals surface area contributed by atoms with E-state index in [2.05, 4.69) is 15.5 Å². The molecule has 1 aromatic rings. The average Bonchev–Trinajstić information content (AvgIpc) is 2.69. The summed E-state index contributed by atoms with van der Waals surface area (Å²) < 4.78 is 4.79. The largest absolute Gasteiger partial charge is 0.480 e. The van der Waals surface area contributed by atoms with E-state index in [1.165, 1.54) is 14.0 Å². The first-order valence-electron chi connectivity index (χ1n) is 4.94. The predicted molar refractivity (Wildman–Crippen MR) is 56.1 cm³/mol. The normalized spacial score (nSPS) is 11.9. The van der Waals surface area contributed by atoms with Crippen LogP contribution >= 0.6 is 0 Å². The molecule has 0 radical (unpaired) electrons. The zero-order valence-corrected chi connectivity index (χ0v) is 9.80. The van der Waals surface area contributed by atoms with Crippen molar-refractivity contribution < 1.29 is 19.2 Å². The number of rotatable bonds is 4. The van der Waals surface area contributed by atoms with Gasteiger partial charge in [-0.15, -0.1) is 0 Å². The van der Waals surface area contributed by atoms with Gasteiger partial charge in [0.15, 0.2) is 5.82 Å². The van der Waals surface area contributed by atoms with Crippen LogP contribution < -0.4 is 5.32 Å². The van der Waals surface area contributed by atoms with Crippen molar-refractivity contribution in [3.8, 4) is 0 Å². The number of hydrogen-bond acceptors (Lipinski definition) is 5. The molecule has 0 aliphatic heterocycles. The SMILES string of the molecule is Cc1noc(CNC(=O)N(C)C(C)C(=O)O)n1. The number of aromatic nitrogens is 2. The zero-order chi connectivity index (χ0) is 13.0. The number of nitrogens with zero attached hydrogens (tertiary/aromatic N) is 3. The van der Waals surface area contributed by atoms with Crippen molar-refractivity contribution in [2.75, 3.05) is 7.05 Å². The Morgan fingerprint density at radius 1 is 1.59 bits per heavy atom. The van der Waals surface area contributed by atoms with Gasteiger partial charge in [0.1, 0.15) is 6.04 Å². The lowest BCUT2D eigenvalue weighted by atomic mass is 10.3. The Hall–Kier alpha value is -2.12. The summed E-state index contributed by atoms with van der Waals surface area (Å²) in [5.74, 6) is -0.329. The second kappa shape index (κ2) is 5.28. The lowest BCUT2D eigenvalue weighted by Crippen LogP contribution is -2.45. The maximum absolute atomic E-state index is 11.5. The Labute approximate surface area is 97.6 Å². The number of hydrogen-bond donors (Lipinski definition) is 2. The number of nitrogens with one attached hydrogen (secondary N) is 1. The minimum Gasteiger partial charge on any atom is -0.480 e. The molecule has 94 valence electrons. The number of carboxylic acid groups (broad SMARTS) is 1. The molecule has 8 nitrogen and oxygen atoms in total. The van der Waals surface area contributed by atoms with Crippen molar-refractivity contribution in [2.45, 2.75) is 26.4 Å². The molecule has 1 aromatic heterocycles. The molecule has 0 bridgehead atoms. The molecular weight excluding hydrogens is 228 g/mol. The zero-order valence-electron chi connectivity index (χ0n) is 9.80. The first kappa shape index (κ1) is 12.9. The van der Waals surface area contributed by atoms with E-state index in [0.717, 1.165) is 4.90 Å². The van der Waals surface area contributed by atoms with Gasteiger partial charge in [-0.1, -0.05) is 5.16 Å². The molecule has 1 unspecified atom stereocenters. The van der Waals surface area contributed by atoms with Crippen molar-refractivity contribution in [2.24, 2.45) is 0 Å². The van der Waals surface area contributed by atoms with Gasteiger partial charge in [-0.05, 0) is 13.8 Å². The Morgan fingerprint density at radius 2 is 2.24 bits per heavy atom. The van der Waals surface area contributed by atoms with Crippen LogP contribution in [0.15, 0.2) is 4.52 Å². The summed E-state index contributed by atoms with van der Waals surface area (Å²) in [4.78, 5) is 27.2. The second-order valence-electron chi connectivity index (χ2n) is 3.52. The summed E-state index contributed by atoms with van der Waals surface area (Å²) in [5.41, 5.74) is 0. The number of urea groups is 1. The van der Waals surface area contributed by atoms with Crippen LogP contribution in [0.1, 0.15) is 18.6 Å². The third-order valence-electron chi connectivity index (χ3n) is 2.22. The number of aliphatic carboxylic acids is 1. The van der Waals surface area contributed by atoms with E-state index in [4.69, 9.17) is 9.63 Å². The van der Waals surface area contributed by atoms with E-state index in [-0.39, 0.29) is 12.4 Å². The fourth-order valence-electron chi connectivity index (χ4n) is 1.03. The van der Waals surface area contributed by atoms with E-state index in [1.54, 1.807) is 6.92 Å². The molecule has 0 saturated heterocycles. The highest BCUT2D eigenvalue weighted by atomic mass is 16.5. The molecule has 0 aromatic carbocycles. The van der Waals surface area contributed by atoms with Crippen molar-refractivity contribution >= 4 is 12.0 Å². The molecule has 0 spiro atoms. The van der Waals surface area contributed by atoms with Gasteiger partial charge in [0.25, 0.3) is 0 Å². The topological polar surface area (TPSA) is 109 Å². The van der Waals surface area contributed by atoms with Gasteiger partial charge in [0, 0.05) is 7.05 Å². The Morgan fingerprint density at radius 3 is 2.71 bits per heavy atom. The minimum atomic E-state index is -1.07. The van der Waals surface area contributed by atoms with Crippen molar-refractivity contribution in [3.05, 3.63) is 11.7 Å². The van der Waals surface area contributed by atoms with Crippen LogP contribution in [-0.2, 0) is 11.3 Å².